The summed E-state index contributed by atoms with van der Waals surface area (Å²) in [5.74, 6) is -0.533. The van der Waals surface area contributed by atoms with Crippen LogP contribution < -0.4 is 18.9 Å². The summed E-state index contributed by atoms with van der Waals surface area (Å²) < 4.78 is 72.5. The zero-order chi connectivity index (χ0) is 27.2. The van der Waals surface area contributed by atoms with E-state index in [1.165, 1.54) is 12.1 Å². The van der Waals surface area contributed by atoms with E-state index in [2.05, 4.69) is 41.3 Å². The number of benzene rings is 2. The highest BCUT2D eigenvalue weighted by Crippen LogP contribution is 2.40. The molecule has 0 saturated heterocycles. The molecule has 38 heavy (non-hydrogen) atoms. The van der Waals surface area contributed by atoms with Crippen molar-refractivity contribution in [2.45, 2.75) is 50.7 Å². The third kappa shape index (κ3) is 8.00. The average molecular weight is 668 g/mol. The van der Waals surface area contributed by atoms with Gasteiger partial charge in [0.2, 0.25) is 0 Å². The van der Waals surface area contributed by atoms with Crippen LogP contribution in [0, 0.1) is 11.8 Å². The Hall–Kier alpha value is -2.01. The lowest BCUT2D eigenvalue weighted by atomic mass is 9.85. The molecule has 5 nitrogen and oxygen atoms in total. The van der Waals surface area contributed by atoms with Crippen molar-refractivity contribution in [2.24, 2.45) is 11.8 Å². The van der Waals surface area contributed by atoms with Crippen LogP contribution in [0.15, 0.2) is 36.4 Å². The molecule has 0 bridgehead atoms. The summed E-state index contributed by atoms with van der Waals surface area (Å²) in [4.78, 5) is 13.8. The van der Waals surface area contributed by atoms with Crippen LogP contribution >= 0.6 is 31.9 Å². The highest BCUT2D eigenvalue weighted by Gasteiger charge is 2.31. The molecule has 208 valence electrons. The lowest BCUT2D eigenvalue weighted by Crippen LogP contribution is -2.23. The fourth-order valence-corrected chi connectivity index (χ4v) is 5.37. The minimum atomic E-state index is -3.01. The summed E-state index contributed by atoms with van der Waals surface area (Å²) in [6, 6.07) is 9.05. The van der Waals surface area contributed by atoms with Gasteiger partial charge in [-0.3, -0.25) is 4.79 Å². The van der Waals surface area contributed by atoms with Gasteiger partial charge in [-0.25, -0.2) is 0 Å². The fraction of sp³-hybridized carbons (Fsp3) is 0.519. The van der Waals surface area contributed by atoms with Crippen molar-refractivity contribution < 1.29 is 41.3 Å². The zero-order valence-electron chi connectivity index (χ0n) is 20.4. The van der Waals surface area contributed by atoms with Gasteiger partial charge in [-0.2, -0.15) is 17.6 Å². The fourth-order valence-electron chi connectivity index (χ4n) is 3.98. The Labute approximate surface area is 235 Å². The largest absolute Gasteiger partial charge is 0.489 e. The number of alkyl halides is 6. The Morgan fingerprint density at radius 2 is 1.11 bits per heavy atom. The highest BCUT2D eigenvalue weighted by molar-refractivity contribution is 9.09. The number of carbonyl (C=O) groups excluding carboxylic acids is 1. The van der Waals surface area contributed by atoms with Gasteiger partial charge in [0.05, 0.1) is 25.0 Å². The zero-order valence-corrected chi connectivity index (χ0v) is 23.6. The Morgan fingerprint density at radius 3 is 1.42 bits per heavy atom. The van der Waals surface area contributed by atoms with Gasteiger partial charge in [0.1, 0.15) is 5.78 Å². The molecular formula is C27H28Br2F4O5. The Morgan fingerprint density at radius 1 is 0.711 bits per heavy atom. The second kappa shape index (κ2) is 13.4. The Bertz CT molecular complexity index is 1010. The van der Waals surface area contributed by atoms with E-state index in [1.54, 1.807) is 24.3 Å². The topological polar surface area (TPSA) is 54.0 Å². The average Bonchev–Trinajstić information content (AvgIpc) is 3.79. The number of ketones is 1. The standard InChI is InChI=1S/C27H28Br2F4O5/c28-11-19(17-5-7-21(37-26(30)31)23(9-17)35-13-15-1-2-15)25(34)20(12-29)18-6-8-22(38-27(32)33)24(10-18)36-14-16-3-4-16/h5-10,15-16,19-20,26-27H,1-4,11-14H2. The number of carbonyl (C=O) groups is 1. The van der Waals surface area contributed by atoms with E-state index >= 15 is 0 Å². The van der Waals surface area contributed by atoms with E-state index in [1.807, 2.05) is 0 Å². The molecule has 2 aliphatic rings. The van der Waals surface area contributed by atoms with Crippen molar-refractivity contribution >= 4 is 37.6 Å². The predicted octanol–water partition coefficient (Wildman–Crippen LogP) is 7.69. The molecule has 0 aromatic heterocycles. The summed E-state index contributed by atoms with van der Waals surface area (Å²) in [6.45, 7) is -5.25. The van der Waals surface area contributed by atoms with Crippen LogP contribution in [0.1, 0.15) is 48.6 Å². The molecule has 2 aromatic rings. The Balaban J connectivity index is 1.58. The molecule has 2 aliphatic carbocycles. The van der Waals surface area contributed by atoms with Gasteiger partial charge in [0.15, 0.2) is 23.0 Å². The van der Waals surface area contributed by atoms with Crippen molar-refractivity contribution in [1.29, 1.82) is 0 Å². The first-order chi connectivity index (χ1) is 18.3. The van der Waals surface area contributed by atoms with Crippen molar-refractivity contribution in [3.8, 4) is 23.0 Å². The smallest absolute Gasteiger partial charge is 0.387 e. The quantitative estimate of drug-likeness (QED) is 0.136. The number of hydrogen-bond donors (Lipinski definition) is 0. The number of rotatable bonds is 16. The van der Waals surface area contributed by atoms with Gasteiger partial charge < -0.3 is 18.9 Å². The van der Waals surface area contributed by atoms with Crippen LogP contribution in [0.5, 0.6) is 23.0 Å². The SMILES string of the molecule is O=C(C(CBr)c1ccc(OC(F)F)c(OCC2CC2)c1)C(CBr)c1ccc(OC(F)F)c(OCC2CC2)c1. The maximum atomic E-state index is 13.8. The highest BCUT2D eigenvalue weighted by atomic mass is 79.9. The molecule has 2 fully saturated rings. The first-order valence-corrected chi connectivity index (χ1v) is 14.6. The van der Waals surface area contributed by atoms with Crippen LogP contribution in [-0.2, 0) is 4.79 Å². The second-order valence-electron chi connectivity index (χ2n) is 9.49. The molecule has 0 spiro atoms. The summed E-state index contributed by atoms with van der Waals surface area (Å²) in [5, 5.41) is 0.536. The predicted molar refractivity (Wildman–Crippen MR) is 141 cm³/mol. The van der Waals surface area contributed by atoms with Gasteiger partial charge >= 0.3 is 13.2 Å². The minimum absolute atomic E-state index is 0.0886. The van der Waals surface area contributed by atoms with Crippen LogP contribution in [0.2, 0.25) is 0 Å². The summed E-state index contributed by atoms with van der Waals surface area (Å²) in [5.41, 5.74) is 1.15. The van der Waals surface area contributed by atoms with Crippen molar-refractivity contribution in [3.63, 3.8) is 0 Å². The van der Waals surface area contributed by atoms with Crippen LogP contribution in [0.4, 0.5) is 17.6 Å². The second-order valence-corrected chi connectivity index (χ2v) is 10.8. The number of ether oxygens (including phenoxy) is 4. The maximum absolute atomic E-state index is 13.8. The molecule has 0 amide bonds. The van der Waals surface area contributed by atoms with Gasteiger partial charge in [-0.15, -0.1) is 0 Å². The summed E-state index contributed by atoms with van der Waals surface area (Å²) >= 11 is 6.85. The lowest BCUT2D eigenvalue weighted by molar-refractivity contribution is -0.121. The number of hydrogen-bond acceptors (Lipinski definition) is 5. The van der Waals surface area contributed by atoms with E-state index in [0.29, 0.717) is 36.2 Å². The van der Waals surface area contributed by atoms with E-state index in [4.69, 9.17) is 9.47 Å². The third-order valence-electron chi connectivity index (χ3n) is 6.51. The lowest BCUT2D eigenvalue weighted by Gasteiger charge is -2.23. The molecule has 0 aliphatic heterocycles. The summed E-state index contributed by atoms with van der Waals surface area (Å²) in [7, 11) is 0. The van der Waals surface area contributed by atoms with E-state index < -0.39 is 25.1 Å². The molecule has 2 aromatic carbocycles. The normalized spacial score (nSPS) is 16.8. The van der Waals surface area contributed by atoms with Crippen molar-refractivity contribution in [3.05, 3.63) is 47.5 Å². The van der Waals surface area contributed by atoms with Crippen LogP contribution in [-0.4, -0.2) is 42.9 Å². The van der Waals surface area contributed by atoms with E-state index in [0.717, 1.165) is 25.7 Å². The number of Topliss-reactive ketones (excluding diaryl/α,β-unsaturated/α-hetero) is 1. The molecule has 4 rings (SSSR count). The molecular weight excluding hydrogens is 640 g/mol. The molecule has 11 heteroatoms. The molecule has 2 atom stereocenters. The maximum Gasteiger partial charge on any atom is 0.387 e. The van der Waals surface area contributed by atoms with Crippen LogP contribution in [0.25, 0.3) is 0 Å². The van der Waals surface area contributed by atoms with Crippen molar-refractivity contribution in [1.82, 2.24) is 0 Å². The molecule has 2 unspecified atom stereocenters. The number of halogens is 6. The first-order valence-electron chi connectivity index (χ1n) is 12.4. The summed E-state index contributed by atoms with van der Waals surface area (Å²) in [6.07, 6.45) is 4.09. The Kier molecular flexibility index (Phi) is 10.2. The van der Waals surface area contributed by atoms with Gasteiger partial charge in [0.25, 0.3) is 0 Å². The van der Waals surface area contributed by atoms with Gasteiger partial charge in [0, 0.05) is 10.7 Å². The van der Waals surface area contributed by atoms with E-state index in [-0.39, 0.29) is 39.4 Å². The monoisotopic (exact) mass is 666 g/mol. The minimum Gasteiger partial charge on any atom is -0.489 e. The van der Waals surface area contributed by atoms with E-state index in [9.17, 15) is 22.4 Å². The van der Waals surface area contributed by atoms with Crippen molar-refractivity contribution in [2.75, 3.05) is 23.9 Å². The van der Waals surface area contributed by atoms with Gasteiger partial charge in [-0.05, 0) is 72.9 Å². The van der Waals surface area contributed by atoms with Gasteiger partial charge in [-0.1, -0.05) is 44.0 Å². The first kappa shape index (κ1) is 29.0. The molecule has 0 radical (unpaired) electrons. The molecule has 0 N–H and O–H groups in total. The van der Waals surface area contributed by atoms with Crippen LogP contribution in [0.3, 0.4) is 0 Å². The third-order valence-corrected chi connectivity index (χ3v) is 7.81. The molecule has 2 saturated carbocycles. The molecule has 0 heterocycles.